The molecule has 28 nitrogen and oxygen atoms in total. The number of carbonyl (C=O) groups excluding carboxylic acids is 10. The van der Waals surface area contributed by atoms with Crippen LogP contribution in [0, 0.1) is 5.92 Å². The molecule has 2 aliphatic rings. The summed E-state index contributed by atoms with van der Waals surface area (Å²) in [6, 6.07) is 1.32. The van der Waals surface area contributed by atoms with Crippen molar-refractivity contribution < 1.29 is 62.9 Å². The average Bonchev–Trinajstić information content (AvgIpc) is 3.57. The molecule has 1 fully saturated rings. The molecular formula is C58H89N15O13S2. The van der Waals surface area contributed by atoms with Crippen LogP contribution in [-0.4, -0.2) is 186 Å². The van der Waals surface area contributed by atoms with Gasteiger partial charge in [0.2, 0.25) is 59.1 Å². The van der Waals surface area contributed by atoms with Crippen LogP contribution >= 0.6 is 21.6 Å². The Balaban J connectivity index is 1.62. The van der Waals surface area contributed by atoms with Crippen LogP contribution in [0.25, 0.3) is 0 Å². The highest BCUT2D eigenvalue weighted by molar-refractivity contribution is 8.76. The molecule has 0 radical (unpaired) electrons. The molecule has 2 aromatic rings. The maximum absolute atomic E-state index is 14.5. The molecule has 1 saturated heterocycles. The van der Waals surface area contributed by atoms with Gasteiger partial charge in [-0.15, -0.1) is 0 Å². The Morgan fingerprint density at radius 2 is 1.20 bits per heavy atom. The number of hydrogen-bond acceptors (Lipinski definition) is 20. The third-order valence-corrected chi connectivity index (χ3v) is 16.3. The van der Waals surface area contributed by atoms with E-state index in [1.165, 1.54) is 35.4 Å². The molecule has 1 aliphatic carbocycles. The largest absolute Gasteiger partial charge is 0.486 e. The van der Waals surface area contributed by atoms with Crippen LogP contribution in [0.3, 0.4) is 0 Å². The fourth-order valence-corrected chi connectivity index (χ4v) is 11.2. The van der Waals surface area contributed by atoms with Crippen molar-refractivity contribution in [3.05, 3.63) is 84.5 Å². The summed E-state index contributed by atoms with van der Waals surface area (Å²) < 4.78 is 5.98. The fourth-order valence-electron chi connectivity index (χ4n) is 9.09. The normalized spacial score (nSPS) is 23.7. The minimum absolute atomic E-state index is 0.0489. The summed E-state index contributed by atoms with van der Waals surface area (Å²) in [5, 5.41) is 47.1. The van der Waals surface area contributed by atoms with Gasteiger partial charge >= 0.3 is 0 Å². The molecule has 4 rings (SSSR count). The molecule has 0 bridgehead atoms. The van der Waals surface area contributed by atoms with E-state index < -0.39 is 145 Å². The van der Waals surface area contributed by atoms with Crippen molar-refractivity contribution >= 4 is 80.7 Å². The van der Waals surface area contributed by atoms with Gasteiger partial charge in [-0.3, -0.25) is 47.9 Å². The lowest BCUT2D eigenvalue weighted by molar-refractivity contribution is -0.136. The summed E-state index contributed by atoms with van der Waals surface area (Å²) in [7, 11) is 2.63. The van der Waals surface area contributed by atoms with Crippen LogP contribution in [0.5, 0.6) is 5.75 Å². The van der Waals surface area contributed by atoms with Crippen LogP contribution in [-0.2, 0) is 54.4 Å². The van der Waals surface area contributed by atoms with E-state index in [0.29, 0.717) is 11.3 Å². The van der Waals surface area contributed by atoms with E-state index in [4.69, 9.17) is 33.4 Å². The van der Waals surface area contributed by atoms with Crippen LogP contribution < -0.4 is 86.6 Å². The van der Waals surface area contributed by atoms with Crippen LogP contribution in [0.15, 0.2) is 83.8 Å². The first-order valence-corrected chi connectivity index (χ1v) is 31.7. The number of aliphatic hydroxyl groups is 2. The summed E-state index contributed by atoms with van der Waals surface area (Å²) in [6.07, 6.45) is 4.16. The van der Waals surface area contributed by atoms with E-state index >= 15 is 0 Å². The first-order valence-electron chi connectivity index (χ1n) is 29.3. The van der Waals surface area contributed by atoms with Gasteiger partial charge < -0.3 is 96.8 Å². The molecule has 30 heteroatoms. The zero-order valence-corrected chi connectivity index (χ0v) is 51.7. The summed E-state index contributed by atoms with van der Waals surface area (Å²) in [5.74, 6) is -8.61. The Morgan fingerprint density at radius 1 is 0.648 bits per heavy atom. The second-order valence-electron chi connectivity index (χ2n) is 21.7. The minimum Gasteiger partial charge on any atom is -0.486 e. The predicted molar refractivity (Wildman–Crippen MR) is 333 cm³/mol. The van der Waals surface area contributed by atoms with Crippen molar-refractivity contribution in [3.63, 3.8) is 0 Å². The van der Waals surface area contributed by atoms with E-state index in [1.54, 1.807) is 44.2 Å². The van der Waals surface area contributed by atoms with Gasteiger partial charge in [-0.25, -0.2) is 0 Å². The van der Waals surface area contributed by atoms with Gasteiger partial charge in [0.1, 0.15) is 66.2 Å². The van der Waals surface area contributed by atoms with Gasteiger partial charge in [-0.2, -0.15) is 0 Å². The molecule has 0 spiro atoms. The number of nitrogens with two attached hydrogens (primary N) is 5. The SMILES string of the molecule is CC(C)C[C@@H]1NC(=O)[C@@H](Cc2ccccc2)NC(=O)[C@H](CCN)NC(=O)[C@@H](NC(=O)[C@H](CCN)NC(=O)[C@@H](NC(=O)[C@H](N)CSSc2ccc(OC3C=CC=CC3)cc2)[C@@H](C)O)CCNC(=O)[C@H]([C@@H](C)O)NC(=O)[C@H](CCN)NC(=O)[C@H](CCN)NC1=O. The standard InChI is InChI=1S/C58H89N15O13S2/c1-32(2)29-45-55(82)67-40(19-24-59)50(77)66-43(22-27-62)54(81)73-47(33(3)74)57(84)64-28-23-44(53(80)65-41(20-25-60)52(79)71-46(56(83)70-45)30-35-11-7-5-8-12-35)68-51(78)42(21-26-61)69-58(85)48(34(4)75)72-49(76)39(63)31-87-88-38-17-15-37(16-18-38)86-36-13-9-6-10-14-36/h5-13,15-18,32-34,36,39-48,74-75H,14,19-31,59-63H2,1-4H3,(H,64,84)(H,65,80)(H,66,77)(H,67,82)(H,68,78)(H,69,85)(H,70,83)(H,71,79)(H,72,76)(H,73,81)/t33-,34-,36?,39-,40+,41+,42+,43+,44+,45+,46-,47+,48+/m1/s1. The highest BCUT2D eigenvalue weighted by atomic mass is 33.1. The number of amides is 10. The van der Waals surface area contributed by atoms with Crippen molar-refractivity contribution in [1.29, 1.82) is 0 Å². The Hall–Kier alpha value is -7.16. The number of rotatable bonds is 26. The molecule has 2 aromatic carbocycles. The van der Waals surface area contributed by atoms with E-state index in [2.05, 4.69) is 53.2 Å². The number of allylic oxidation sites excluding steroid dienone is 2. The third-order valence-electron chi connectivity index (χ3n) is 13.9. The molecule has 13 atom stereocenters. The summed E-state index contributed by atoms with van der Waals surface area (Å²) >= 11 is 0. The Labute approximate surface area is 520 Å². The van der Waals surface area contributed by atoms with Crippen molar-refractivity contribution in [2.24, 2.45) is 34.6 Å². The Kier molecular flexibility index (Phi) is 31.9. The minimum atomic E-state index is -1.68. The molecule has 22 N–H and O–H groups in total. The number of carbonyl (C=O) groups is 10. The van der Waals surface area contributed by atoms with Gasteiger partial charge in [0.05, 0.1) is 18.2 Å². The zero-order chi connectivity index (χ0) is 64.9. The third kappa shape index (κ3) is 24.8. The lowest BCUT2D eigenvalue weighted by Crippen LogP contribution is -2.62. The van der Waals surface area contributed by atoms with Gasteiger partial charge in [-0.1, -0.05) is 84.0 Å². The smallest absolute Gasteiger partial charge is 0.245 e. The maximum atomic E-state index is 14.5. The van der Waals surface area contributed by atoms with E-state index in [0.717, 1.165) is 11.3 Å². The number of hydrogen-bond donors (Lipinski definition) is 17. The van der Waals surface area contributed by atoms with Gasteiger partial charge in [0.25, 0.3) is 0 Å². The summed E-state index contributed by atoms with van der Waals surface area (Å²) in [4.78, 5) is 142. The molecular weight excluding hydrogens is 1180 g/mol. The molecule has 10 amide bonds. The number of ether oxygens (including phenoxy) is 1. The van der Waals surface area contributed by atoms with Crippen LogP contribution in [0.2, 0.25) is 0 Å². The van der Waals surface area contributed by atoms with Crippen LogP contribution in [0.4, 0.5) is 0 Å². The molecule has 0 saturated carbocycles. The quantitative estimate of drug-likeness (QED) is 0.0404. The molecule has 0 aromatic heterocycles. The first-order chi connectivity index (χ1) is 42.0. The molecule has 1 unspecified atom stereocenters. The second kappa shape index (κ2) is 38.3. The van der Waals surface area contributed by atoms with E-state index in [1.807, 2.05) is 48.6 Å². The van der Waals surface area contributed by atoms with Crippen molar-refractivity contribution in [3.8, 4) is 5.75 Å². The molecule has 88 heavy (non-hydrogen) atoms. The number of aliphatic hydroxyl groups excluding tert-OH is 2. The van der Waals surface area contributed by atoms with Crippen LogP contribution in [0.1, 0.15) is 78.2 Å². The Bertz CT molecular complexity index is 2690. The maximum Gasteiger partial charge on any atom is 0.245 e. The highest BCUT2D eigenvalue weighted by Crippen LogP contribution is 2.32. The lowest BCUT2D eigenvalue weighted by atomic mass is 10.00. The van der Waals surface area contributed by atoms with Crippen molar-refractivity contribution in [2.75, 3.05) is 38.5 Å². The monoisotopic (exact) mass is 1270 g/mol. The fraction of sp³-hybridized carbons (Fsp3) is 0.552. The van der Waals surface area contributed by atoms with Gasteiger partial charge in [0, 0.05) is 30.0 Å². The summed E-state index contributed by atoms with van der Waals surface area (Å²) in [6.45, 7) is 4.91. The van der Waals surface area contributed by atoms with Gasteiger partial charge in [0.15, 0.2) is 0 Å². The van der Waals surface area contributed by atoms with E-state index in [-0.39, 0.29) is 82.5 Å². The summed E-state index contributed by atoms with van der Waals surface area (Å²) in [5.41, 5.74) is 30.4. The van der Waals surface area contributed by atoms with Crippen molar-refractivity contribution in [1.82, 2.24) is 53.2 Å². The second-order valence-corrected chi connectivity index (χ2v) is 24.2. The molecule has 1 aliphatic heterocycles. The molecule has 486 valence electrons. The van der Waals surface area contributed by atoms with Gasteiger partial charge in [-0.05, 0) is 120 Å². The number of nitrogens with one attached hydrogen (secondary N) is 10. The topological polar surface area (TPSA) is 471 Å². The lowest BCUT2D eigenvalue weighted by Gasteiger charge is -2.28. The zero-order valence-electron chi connectivity index (χ0n) is 50.1. The molecule has 1 heterocycles. The highest BCUT2D eigenvalue weighted by Gasteiger charge is 2.37. The average molecular weight is 1270 g/mol. The Morgan fingerprint density at radius 3 is 1.75 bits per heavy atom. The van der Waals surface area contributed by atoms with E-state index in [9.17, 15) is 58.2 Å². The first kappa shape index (κ1) is 73.3. The predicted octanol–water partition coefficient (Wildman–Crippen LogP) is -3.65. The number of benzene rings is 2. The van der Waals surface area contributed by atoms with Crippen molar-refractivity contribution in [2.45, 2.75) is 163 Å².